The molecule has 114 valence electrons. The summed E-state index contributed by atoms with van der Waals surface area (Å²) >= 11 is 0. The molecule has 0 radical (unpaired) electrons. The number of rotatable bonds is 8. The highest BCUT2D eigenvalue weighted by molar-refractivity contribution is 5.24. The lowest BCUT2D eigenvalue weighted by atomic mass is 10.00. The molecule has 1 rings (SSSR count). The van der Waals surface area contributed by atoms with Gasteiger partial charge in [-0.1, -0.05) is 38.1 Å². The van der Waals surface area contributed by atoms with Crippen molar-refractivity contribution in [2.45, 2.75) is 38.9 Å². The smallest absolute Gasteiger partial charge is 0.0972 e. The van der Waals surface area contributed by atoms with Crippen LogP contribution >= 0.6 is 0 Å². The minimum atomic E-state index is -1.15. The molecule has 0 aliphatic heterocycles. The molecule has 4 heteroatoms. The van der Waals surface area contributed by atoms with Gasteiger partial charge in [0, 0.05) is 13.1 Å². The number of hydrogen-bond donors (Lipinski definition) is 4. The van der Waals surface area contributed by atoms with Gasteiger partial charge in [-0.25, -0.2) is 0 Å². The first kappa shape index (κ1) is 17.1. The van der Waals surface area contributed by atoms with Crippen LogP contribution in [0.25, 0.3) is 0 Å². The van der Waals surface area contributed by atoms with Crippen LogP contribution in [0.1, 0.15) is 38.0 Å². The SMILES string of the molecule is CC(C)Cc1ccc(C(O)CNCC(C)(O)CO)cc1. The van der Waals surface area contributed by atoms with E-state index in [4.69, 9.17) is 5.11 Å². The average molecular weight is 281 g/mol. The molecule has 2 atom stereocenters. The maximum atomic E-state index is 10.1. The van der Waals surface area contributed by atoms with Crippen molar-refractivity contribution in [1.82, 2.24) is 5.32 Å². The van der Waals surface area contributed by atoms with Crippen molar-refractivity contribution in [3.8, 4) is 0 Å². The van der Waals surface area contributed by atoms with Gasteiger partial charge in [-0.2, -0.15) is 0 Å². The van der Waals surface area contributed by atoms with E-state index in [0.29, 0.717) is 12.5 Å². The van der Waals surface area contributed by atoms with E-state index in [1.165, 1.54) is 5.56 Å². The van der Waals surface area contributed by atoms with Gasteiger partial charge in [0.05, 0.1) is 18.3 Å². The van der Waals surface area contributed by atoms with Crippen molar-refractivity contribution in [3.63, 3.8) is 0 Å². The summed E-state index contributed by atoms with van der Waals surface area (Å²) in [6, 6.07) is 7.97. The van der Waals surface area contributed by atoms with E-state index in [1.54, 1.807) is 6.92 Å². The topological polar surface area (TPSA) is 72.7 Å². The second-order valence-corrected chi connectivity index (χ2v) is 6.14. The van der Waals surface area contributed by atoms with E-state index in [2.05, 4.69) is 19.2 Å². The zero-order chi connectivity index (χ0) is 15.2. The van der Waals surface area contributed by atoms with E-state index in [-0.39, 0.29) is 13.2 Å². The van der Waals surface area contributed by atoms with Gasteiger partial charge in [0.1, 0.15) is 0 Å². The van der Waals surface area contributed by atoms with Gasteiger partial charge in [0.2, 0.25) is 0 Å². The maximum absolute atomic E-state index is 10.1. The first-order valence-corrected chi connectivity index (χ1v) is 7.15. The normalized spacial score (nSPS) is 16.1. The summed E-state index contributed by atoms with van der Waals surface area (Å²) in [5, 5.41) is 31.6. The van der Waals surface area contributed by atoms with E-state index in [9.17, 15) is 10.2 Å². The fourth-order valence-corrected chi connectivity index (χ4v) is 2.00. The number of nitrogens with one attached hydrogen (secondary N) is 1. The molecule has 4 N–H and O–H groups in total. The van der Waals surface area contributed by atoms with Crippen LogP contribution in [0.4, 0.5) is 0 Å². The predicted octanol–water partition coefficient (Wildman–Crippen LogP) is 1.25. The maximum Gasteiger partial charge on any atom is 0.0972 e. The van der Waals surface area contributed by atoms with Crippen molar-refractivity contribution in [1.29, 1.82) is 0 Å². The van der Waals surface area contributed by atoms with E-state index in [0.717, 1.165) is 12.0 Å². The molecule has 0 aromatic heterocycles. The van der Waals surface area contributed by atoms with Gasteiger partial charge in [-0.3, -0.25) is 0 Å². The summed E-state index contributed by atoms with van der Waals surface area (Å²) in [4.78, 5) is 0. The van der Waals surface area contributed by atoms with Crippen molar-refractivity contribution >= 4 is 0 Å². The van der Waals surface area contributed by atoms with Crippen molar-refractivity contribution in [2.24, 2.45) is 5.92 Å². The lowest BCUT2D eigenvalue weighted by Gasteiger charge is -2.22. The molecule has 1 aromatic rings. The Morgan fingerprint density at radius 3 is 2.30 bits per heavy atom. The summed E-state index contributed by atoms with van der Waals surface area (Å²) in [6.45, 7) is 6.19. The number of benzene rings is 1. The zero-order valence-electron chi connectivity index (χ0n) is 12.6. The van der Waals surface area contributed by atoms with Crippen LogP contribution in [0, 0.1) is 5.92 Å². The van der Waals surface area contributed by atoms with Gasteiger partial charge >= 0.3 is 0 Å². The monoisotopic (exact) mass is 281 g/mol. The van der Waals surface area contributed by atoms with Crippen LogP contribution in [0.2, 0.25) is 0 Å². The van der Waals surface area contributed by atoms with E-state index in [1.807, 2.05) is 24.3 Å². The Balaban J connectivity index is 2.45. The molecule has 0 spiro atoms. The molecular formula is C16H27NO3. The van der Waals surface area contributed by atoms with Crippen LogP contribution in [-0.2, 0) is 6.42 Å². The van der Waals surface area contributed by atoms with Crippen molar-refractivity contribution in [3.05, 3.63) is 35.4 Å². The quantitative estimate of drug-likeness (QED) is 0.579. The van der Waals surface area contributed by atoms with Crippen LogP contribution in [0.3, 0.4) is 0 Å². The Hall–Kier alpha value is -0.940. The van der Waals surface area contributed by atoms with E-state index >= 15 is 0 Å². The zero-order valence-corrected chi connectivity index (χ0v) is 12.6. The largest absolute Gasteiger partial charge is 0.393 e. The van der Waals surface area contributed by atoms with Gasteiger partial charge in [-0.15, -0.1) is 0 Å². The molecule has 1 aromatic carbocycles. The highest BCUT2D eigenvalue weighted by atomic mass is 16.3. The van der Waals surface area contributed by atoms with Crippen molar-refractivity contribution in [2.75, 3.05) is 19.7 Å². The summed E-state index contributed by atoms with van der Waals surface area (Å²) in [6.07, 6.45) is 0.422. The molecule has 0 aliphatic carbocycles. The number of aliphatic hydroxyl groups excluding tert-OH is 2. The third kappa shape index (κ3) is 6.01. The molecule has 0 heterocycles. The predicted molar refractivity (Wildman–Crippen MR) is 80.5 cm³/mol. The second-order valence-electron chi connectivity index (χ2n) is 6.14. The summed E-state index contributed by atoms with van der Waals surface area (Å²) in [7, 11) is 0. The summed E-state index contributed by atoms with van der Waals surface area (Å²) in [5.74, 6) is 0.619. The standard InChI is InChI=1S/C16H27NO3/c1-12(2)8-13-4-6-14(7-5-13)15(19)9-17-10-16(3,20)11-18/h4-7,12,15,17-20H,8-11H2,1-3H3. The molecule has 0 saturated carbocycles. The molecule has 0 saturated heterocycles. The Labute approximate surface area is 121 Å². The van der Waals surface area contributed by atoms with Crippen molar-refractivity contribution < 1.29 is 15.3 Å². The Kier molecular flexibility index (Phi) is 6.62. The van der Waals surface area contributed by atoms with Gasteiger partial charge in [0.15, 0.2) is 0 Å². The molecule has 0 aliphatic rings. The van der Waals surface area contributed by atoms with Crippen LogP contribution in [0.15, 0.2) is 24.3 Å². The lowest BCUT2D eigenvalue weighted by Crippen LogP contribution is -2.42. The van der Waals surface area contributed by atoms with Gasteiger partial charge < -0.3 is 20.6 Å². The minimum absolute atomic E-state index is 0.242. The third-order valence-corrected chi connectivity index (χ3v) is 3.19. The minimum Gasteiger partial charge on any atom is -0.393 e. The summed E-state index contributed by atoms with van der Waals surface area (Å²) in [5.41, 5.74) is 0.974. The molecule has 0 bridgehead atoms. The molecule has 4 nitrogen and oxygen atoms in total. The molecule has 2 unspecified atom stereocenters. The lowest BCUT2D eigenvalue weighted by molar-refractivity contribution is 0.000729. The highest BCUT2D eigenvalue weighted by Gasteiger charge is 2.18. The second kappa shape index (κ2) is 7.74. The molecule has 0 fully saturated rings. The van der Waals surface area contributed by atoms with Gasteiger partial charge in [0.25, 0.3) is 0 Å². The first-order valence-electron chi connectivity index (χ1n) is 7.15. The number of aliphatic hydroxyl groups is 3. The Bertz CT molecular complexity index is 387. The van der Waals surface area contributed by atoms with E-state index < -0.39 is 11.7 Å². The Morgan fingerprint density at radius 1 is 1.20 bits per heavy atom. The fourth-order valence-electron chi connectivity index (χ4n) is 2.00. The van der Waals surface area contributed by atoms with Crippen LogP contribution in [0.5, 0.6) is 0 Å². The third-order valence-electron chi connectivity index (χ3n) is 3.19. The number of hydrogen-bond acceptors (Lipinski definition) is 4. The molecule has 20 heavy (non-hydrogen) atoms. The Morgan fingerprint density at radius 2 is 1.80 bits per heavy atom. The summed E-state index contributed by atoms with van der Waals surface area (Å²) < 4.78 is 0. The van der Waals surface area contributed by atoms with Crippen LogP contribution in [-0.4, -0.2) is 40.6 Å². The first-order chi connectivity index (χ1) is 9.34. The van der Waals surface area contributed by atoms with Crippen LogP contribution < -0.4 is 5.32 Å². The molecular weight excluding hydrogens is 254 g/mol. The highest BCUT2D eigenvalue weighted by Crippen LogP contribution is 2.15. The molecule has 0 amide bonds. The fraction of sp³-hybridized carbons (Fsp3) is 0.625. The van der Waals surface area contributed by atoms with Gasteiger partial charge in [-0.05, 0) is 30.4 Å². The average Bonchev–Trinajstić information content (AvgIpc) is 2.38.